The Morgan fingerprint density at radius 2 is 2.06 bits per heavy atom. The number of pyridine rings is 1. The third-order valence-corrected chi connectivity index (χ3v) is 2.19. The minimum absolute atomic E-state index is 0.0448. The molecule has 3 nitrogen and oxygen atoms in total. The molecular formula is C11H15F3N2O. The number of hydrogen-bond acceptors (Lipinski definition) is 3. The smallest absolute Gasteiger partial charge is 0.433 e. The van der Waals surface area contributed by atoms with E-state index in [1.165, 1.54) is 0 Å². The largest absolute Gasteiger partial charge is 0.491 e. The standard InChI is InChI=1S/C11H15F3N2O/c1-2-3-4-5-17-9-6-10(11(12,13)14)16-7-8(9)15/h6-7H,2-5,15H2,1H3. The van der Waals surface area contributed by atoms with Gasteiger partial charge in [-0.05, 0) is 6.42 Å². The molecule has 0 aliphatic rings. The van der Waals surface area contributed by atoms with Crippen LogP contribution in [0.4, 0.5) is 18.9 Å². The molecule has 1 rings (SSSR count). The van der Waals surface area contributed by atoms with E-state index < -0.39 is 11.9 Å². The second-order valence-electron chi connectivity index (χ2n) is 3.66. The van der Waals surface area contributed by atoms with Crippen LogP contribution in [0.3, 0.4) is 0 Å². The number of nitrogens with zero attached hydrogens (tertiary/aromatic N) is 1. The van der Waals surface area contributed by atoms with E-state index in [1.54, 1.807) is 0 Å². The Labute approximate surface area is 97.8 Å². The minimum atomic E-state index is -4.48. The highest BCUT2D eigenvalue weighted by Crippen LogP contribution is 2.32. The number of nitrogens with two attached hydrogens (primary N) is 1. The first-order valence-corrected chi connectivity index (χ1v) is 5.40. The summed E-state index contributed by atoms with van der Waals surface area (Å²) in [5.41, 5.74) is 4.62. The van der Waals surface area contributed by atoms with Gasteiger partial charge in [0.2, 0.25) is 0 Å². The van der Waals surface area contributed by atoms with Crippen molar-refractivity contribution in [2.24, 2.45) is 0 Å². The van der Waals surface area contributed by atoms with Gasteiger partial charge in [0, 0.05) is 6.07 Å². The van der Waals surface area contributed by atoms with Crippen LogP contribution in [-0.4, -0.2) is 11.6 Å². The summed E-state index contributed by atoms with van der Waals surface area (Å²) in [7, 11) is 0. The zero-order valence-electron chi connectivity index (χ0n) is 9.55. The summed E-state index contributed by atoms with van der Waals surface area (Å²) in [5, 5.41) is 0. The molecule has 0 spiro atoms. The molecule has 0 radical (unpaired) electrons. The number of anilines is 1. The van der Waals surface area contributed by atoms with Crippen molar-refractivity contribution in [3.05, 3.63) is 18.0 Å². The van der Waals surface area contributed by atoms with E-state index in [1.807, 2.05) is 6.92 Å². The Hall–Kier alpha value is -1.46. The number of alkyl halides is 3. The lowest BCUT2D eigenvalue weighted by Crippen LogP contribution is -2.10. The number of nitrogen functional groups attached to an aromatic ring is 1. The molecule has 0 atom stereocenters. The van der Waals surface area contributed by atoms with Crippen molar-refractivity contribution < 1.29 is 17.9 Å². The normalized spacial score (nSPS) is 11.5. The first-order chi connectivity index (χ1) is 7.95. The van der Waals surface area contributed by atoms with Crippen molar-refractivity contribution in [1.29, 1.82) is 0 Å². The number of rotatable bonds is 5. The van der Waals surface area contributed by atoms with Crippen LogP contribution >= 0.6 is 0 Å². The fourth-order valence-corrected chi connectivity index (χ4v) is 1.26. The molecule has 6 heteroatoms. The molecule has 0 amide bonds. The first-order valence-electron chi connectivity index (χ1n) is 5.40. The van der Waals surface area contributed by atoms with Gasteiger partial charge in [-0.25, -0.2) is 4.98 Å². The van der Waals surface area contributed by atoms with Crippen LogP contribution in [-0.2, 0) is 6.18 Å². The fraction of sp³-hybridized carbons (Fsp3) is 0.545. The van der Waals surface area contributed by atoms with Gasteiger partial charge in [-0.2, -0.15) is 13.2 Å². The SMILES string of the molecule is CCCCCOc1cc(C(F)(F)F)ncc1N. The van der Waals surface area contributed by atoms with Gasteiger partial charge >= 0.3 is 6.18 Å². The third-order valence-electron chi connectivity index (χ3n) is 2.19. The van der Waals surface area contributed by atoms with Gasteiger partial charge in [-0.15, -0.1) is 0 Å². The van der Waals surface area contributed by atoms with Crippen molar-refractivity contribution in [3.8, 4) is 5.75 Å². The van der Waals surface area contributed by atoms with Gasteiger partial charge in [-0.1, -0.05) is 19.8 Å². The average molecular weight is 248 g/mol. The molecule has 0 bridgehead atoms. The van der Waals surface area contributed by atoms with E-state index in [9.17, 15) is 13.2 Å². The highest BCUT2D eigenvalue weighted by atomic mass is 19.4. The molecule has 1 aromatic heterocycles. The number of aromatic nitrogens is 1. The van der Waals surface area contributed by atoms with Crippen LogP contribution in [0, 0.1) is 0 Å². The topological polar surface area (TPSA) is 48.1 Å². The van der Waals surface area contributed by atoms with Gasteiger partial charge in [0.05, 0.1) is 18.5 Å². The molecule has 96 valence electrons. The summed E-state index contributed by atoms with van der Waals surface area (Å²) in [5.74, 6) is 0.0448. The van der Waals surface area contributed by atoms with E-state index in [2.05, 4.69) is 4.98 Å². The predicted octanol–water partition coefficient (Wildman–Crippen LogP) is 3.25. The summed E-state index contributed by atoms with van der Waals surface area (Å²) >= 11 is 0. The quantitative estimate of drug-likeness (QED) is 0.813. The van der Waals surface area contributed by atoms with E-state index in [0.29, 0.717) is 6.61 Å². The third kappa shape index (κ3) is 4.13. The Bertz CT molecular complexity index is 366. The van der Waals surface area contributed by atoms with E-state index in [0.717, 1.165) is 31.5 Å². The van der Waals surface area contributed by atoms with Crippen molar-refractivity contribution in [2.45, 2.75) is 32.4 Å². The lowest BCUT2D eigenvalue weighted by atomic mass is 10.2. The molecule has 0 aliphatic carbocycles. The van der Waals surface area contributed by atoms with Crippen LogP contribution in [0.25, 0.3) is 0 Å². The second kappa shape index (κ2) is 5.75. The number of ether oxygens (including phenoxy) is 1. The summed E-state index contributed by atoms with van der Waals surface area (Å²) in [6.45, 7) is 2.39. The molecule has 1 aromatic rings. The molecule has 0 fully saturated rings. The van der Waals surface area contributed by atoms with Crippen molar-refractivity contribution in [1.82, 2.24) is 4.98 Å². The minimum Gasteiger partial charge on any atom is -0.491 e. The molecule has 0 saturated heterocycles. The first kappa shape index (κ1) is 13.6. The van der Waals surface area contributed by atoms with Crippen molar-refractivity contribution >= 4 is 5.69 Å². The molecule has 17 heavy (non-hydrogen) atoms. The number of halogens is 3. The van der Waals surface area contributed by atoms with Gasteiger partial charge in [-0.3, -0.25) is 0 Å². The van der Waals surface area contributed by atoms with Gasteiger partial charge in [0.1, 0.15) is 11.4 Å². The molecule has 0 aromatic carbocycles. The zero-order valence-corrected chi connectivity index (χ0v) is 9.55. The van der Waals surface area contributed by atoms with Crippen LogP contribution < -0.4 is 10.5 Å². The zero-order chi connectivity index (χ0) is 12.9. The molecule has 1 heterocycles. The summed E-state index contributed by atoms with van der Waals surface area (Å²) in [6, 6.07) is 0.835. The Balaban J connectivity index is 2.70. The van der Waals surface area contributed by atoms with E-state index in [-0.39, 0.29) is 11.4 Å². The Morgan fingerprint density at radius 3 is 2.65 bits per heavy atom. The summed E-state index contributed by atoms with van der Waals surface area (Å²) < 4.78 is 42.4. The lowest BCUT2D eigenvalue weighted by Gasteiger charge is -2.11. The maximum atomic E-state index is 12.4. The molecular weight excluding hydrogens is 233 g/mol. The monoisotopic (exact) mass is 248 g/mol. The number of unbranched alkanes of at least 4 members (excludes halogenated alkanes) is 2. The van der Waals surface area contributed by atoms with Crippen molar-refractivity contribution in [3.63, 3.8) is 0 Å². The maximum absolute atomic E-state index is 12.4. The molecule has 0 aliphatic heterocycles. The van der Waals surface area contributed by atoms with Crippen LogP contribution in [0.2, 0.25) is 0 Å². The van der Waals surface area contributed by atoms with Crippen LogP contribution in [0.1, 0.15) is 31.9 Å². The van der Waals surface area contributed by atoms with Crippen LogP contribution in [0.15, 0.2) is 12.3 Å². The second-order valence-corrected chi connectivity index (χ2v) is 3.66. The van der Waals surface area contributed by atoms with Gasteiger partial charge < -0.3 is 10.5 Å². The Morgan fingerprint density at radius 1 is 1.35 bits per heavy atom. The predicted molar refractivity (Wildman–Crippen MR) is 58.7 cm³/mol. The highest BCUT2D eigenvalue weighted by Gasteiger charge is 2.33. The average Bonchev–Trinajstić information content (AvgIpc) is 2.25. The van der Waals surface area contributed by atoms with Crippen LogP contribution in [0.5, 0.6) is 5.75 Å². The number of hydrogen-bond donors (Lipinski definition) is 1. The highest BCUT2D eigenvalue weighted by molar-refractivity contribution is 5.51. The fourth-order valence-electron chi connectivity index (χ4n) is 1.26. The molecule has 0 saturated carbocycles. The molecule has 0 unspecified atom stereocenters. The summed E-state index contributed by atoms with van der Waals surface area (Å²) in [4.78, 5) is 3.22. The van der Waals surface area contributed by atoms with E-state index in [4.69, 9.17) is 10.5 Å². The van der Waals surface area contributed by atoms with E-state index >= 15 is 0 Å². The van der Waals surface area contributed by atoms with Crippen molar-refractivity contribution in [2.75, 3.05) is 12.3 Å². The maximum Gasteiger partial charge on any atom is 0.433 e. The summed E-state index contributed by atoms with van der Waals surface area (Å²) in [6.07, 6.45) is -0.729. The van der Waals surface area contributed by atoms with Gasteiger partial charge in [0.15, 0.2) is 0 Å². The van der Waals surface area contributed by atoms with Gasteiger partial charge in [0.25, 0.3) is 0 Å². The Kier molecular flexibility index (Phi) is 4.60. The lowest BCUT2D eigenvalue weighted by molar-refractivity contribution is -0.141. The molecule has 2 N–H and O–H groups in total.